The van der Waals surface area contributed by atoms with Gasteiger partial charge in [0.15, 0.2) is 0 Å². The van der Waals surface area contributed by atoms with E-state index in [0.29, 0.717) is 41.8 Å². The topological polar surface area (TPSA) is 89.5 Å². The van der Waals surface area contributed by atoms with E-state index in [9.17, 15) is 9.59 Å². The number of nitrogens with zero attached hydrogens (tertiary/aromatic N) is 1. The molecular weight excluding hydrogens is 318 g/mol. The van der Waals surface area contributed by atoms with Crippen LogP contribution >= 0.6 is 11.3 Å². The number of aryl methyl sites for hydroxylation is 1. The summed E-state index contributed by atoms with van der Waals surface area (Å²) in [4.78, 5) is 28.8. The molecule has 0 bridgehead atoms. The average molecular weight is 341 g/mol. The lowest BCUT2D eigenvalue weighted by Crippen LogP contribution is -2.44. The Labute approximate surface area is 139 Å². The van der Waals surface area contributed by atoms with Crippen molar-refractivity contribution in [1.29, 1.82) is 0 Å². The van der Waals surface area contributed by atoms with Crippen molar-refractivity contribution >= 4 is 23.2 Å². The van der Waals surface area contributed by atoms with Gasteiger partial charge in [0.05, 0.1) is 31.6 Å². The molecule has 1 aliphatic heterocycles. The normalized spacial score (nSPS) is 19.2. The number of esters is 1. The van der Waals surface area contributed by atoms with Gasteiger partial charge >= 0.3 is 5.97 Å². The SMILES string of the molecule is CCOC(=O)c1sc(C(C)NC(=O)CC2COCCN2)nc1C. The van der Waals surface area contributed by atoms with Gasteiger partial charge in [-0.25, -0.2) is 9.78 Å². The highest BCUT2D eigenvalue weighted by molar-refractivity contribution is 7.13. The van der Waals surface area contributed by atoms with Crippen molar-refractivity contribution in [2.45, 2.75) is 39.3 Å². The second-order valence-electron chi connectivity index (χ2n) is 5.41. The molecule has 7 nitrogen and oxygen atoms in total. The van der Waals surface area contributed by atoms with Crippen molar-refractivity contribution in [1.82, 2.24) is 15.6 Å². The van der Waals surface area contributed by atoms with Crippen LogP contribution in [0.25, 0.3) is 0 Å². The summed E-state index contributed by atoms with van der Waals surface area (Å²) >= 11 is 1.26. The molecule has 128 valence electrons. The summed E-state index contributed by atoms with van der Waals surface area (Å²) < 4.78 is 10.3. The second-order valence-corrected chi connectivity index (χ2v) is 6.44. The number of carbonyl (C=O) groups excluding carboxylic acids is 2. The lowest BCUT2D eigenvalue weighted by atomic mass is 10.2. The molecule has 1 saturated heterocycles. The average Bonchev–Trinajstić information content (AvgIpc) is 2.90. The maximum absolute atomic E-state index is 12.1. The Bertz CT molecular complexity index is 555. The summed E-state index contributed by atoms with van der Waals surface area (Å²) in [7, 11) is 0. The van der Waals surface area contributed by atoms with E-state index in [-0.39, 0.29) is 24.0 Å². The van der Waals surface area contributed by atoms with Gasteiger partial charge in [0, 0.05) is 19.0 Å². The molecule has 1 fully saturated rings. The second kappa shape index (κ2) is 8.37. The maximum atomic E-state index is 12.1. The van der Waals surface area contributed by atoms with Crippen LogP contribution < -0.4 is 10.6 Å². The third kappa shape index (κ3) is 4.98. The van der Waals surface area contributed by atoms with E-state index in [1.807, 2.05) is 6.92 Å². The smallest absolute Gasteiger partial charge is 0.350 e. The van der Waals surface area contributed by atoms with Crippen molar-refractivity contribution in [2.75, 3.05) is 26.4 Å². The summed E-state index contributed by atoms with van der Waals surface area (Å²) in [5.41, 5.74) is 0.631. The monoisotopic (exact) mass is 341 g/mol. The maximum Gasteiger partial charge on any atom is 0.350 e. The molecule has 0 aliphatic carbocycles. The summed E-state index contributed by atoms with van der Waals surface area (Å²) in [6, 6.07) is -0.206. The number of aromatic nitrogens is 1. The first-order valence-electron chi connectivity index (χ1n) is 7.76. The third-order valence-electron chi connectivity index (χ3n) is 3.45. The lowest BCUT2D eigenvalue weighted by Gasteiger charge is -2.23. The number of thiazole rings is 1. The summed E-state index contributed by atoms with van der Waals surface area (Å²) in [5, 5.41) is 6.86. The van der Waals surface area contributed by atoms with Crippen molar-refractivity contribution in [3.05, 3.63) is 15.6 Å². The Balaban J connectivity index is 1.92. The first kappa shape index (κ1) is 17.8. The molecule has 0 saturated carbocycles. The molecule has 2 heterocycles. The zero-order valence-electron chi connectivity index (χ0n) is 13.7. The molecule has 2 rings (SSSR count). The van der Waals surface area contributed by atoms with Gasteiger partial charge < -0.3 is 20.1 Å². The number of ether oxygens (including phenoxy) is 2. The van der Waals surface area contributed by atoms with Gasteiger partial charge in [-0.3, -0.25) is 4.79 Å². The zero-order valence-corrected chi connectivity index (χ0v) is 14.5. The van der Waals surface area contributed by atoms with Crippen LogP contribution in [0.1, 0.15) is 46.7 Å². The summed E-state index contributed by atoms with van der Waals surface area (Å²) in [6.45, 7) is 7.71. The van der Waals surface area contributed by atoms with Crippen LogP contribution in [0.15, 0.2) is 0 Å². The van der Waals surface area contributed by atoms with Gasteiger partial charge in [-0.15, -0.1) is 11.3 Å². The standard InChI is InChI=1S/C15H23N3O4S/c1-4-22-15(20)13-9(2)18-14(23-13)10(3)17-12(19)7-11-8-21-6-5-16-11/h10-11,16H,4-8H2,1-3H3,(H,17,19). The molecule has 2 N–H and O–H groups in total. The number of nitrogens with one attached hydrogen (secondary N) is 2. The van der Waals surface area contributed by atoms with Crippen LogP contribution in [-0.2, 0) is 14.3 Å². The highest BCUT2D eigenvalue weighted by Crippen LogP contribution is 2.24. The quantitative estimate of drug-likeness (QED) is 0.756. The number of carbonyl (C=O) groups is 2. The predicted octanol–water partition coefficient (Wildman–Crippen LogP) is 1.18. The van der Waals surface area contributed by atoms with Gasteiger partial charge in [-0.2, -0.15) is 0 Å². The minimum Gasteiger partial charge on any atom is -0.462 e. The molecule has 8 heteroatoms. The van der Waals surface area contributed by atoms with Gasteiger partial charge in [0.25, 0.3) is 0 Å². The Morgan fingerprint density at radius 2 is 2.35 bits per heavy atom. The van der Waals surface area contributed by atoms with Crippen molar-refractivity contribution in [2.24, 2.45) is 0 Å². The van der Waals surface area contributed by atoms with Crippen LogP contribution in [0.4, 0.5) is 0 Å². The molecule has 0 aromatic carbocycles. The fourth-order valence-corrected chi connectivity index (χ4v) is 3.29. The van der Waals surface area contributed by atoms with Crippen LogP contribution in [0.3, 0.4) is 0 Å². The molecule has 1 aliphatic rings. The van der Waals surface area contributed by atoms with Crippen LogP contribution in [0, 0.1) is 6.92 Å². The van der Waals surface area contributed by atoms with E-state index in [1.54, 1.807) is 13.8 Å². The van der Waals surface area contributed by atoms with E-state index >= 15 is 0 Å². The molecule has 1 aromatic rings. The number of hydrogen-bond donors (Lipinski definition) is 2. The minimum absolute atomic E-state index is 0.0454. The van der Waals surface area contributed by atoms with Crippen LogP contribution in [-0.4, -0.2) is 49.3 Å². The fraction of sp³-hybridized carbons (Fsp3) is 0.667. The zero-order chi connectivity index (χ0) is 16.8. The van der Waals surface area contributed by atoms with Gasteiger partial charge in [0.1, 0.15) is 9.88 Å². The number of hydrogen-bond acceptors (Lipinski definition) is 7. The molecule has 2 unspecified atom stereocenters. The molecule has 1 aromatic heterocycles. The number of rotatable bonds is 6. The van der Waals surface area contributed by atoms with E-state index in [1.165, 1.54) is 11.3 Å². The van der Waals surface area contributed by atoms with Crippen molar-refractivity contribution in [3.8, 4) is 0 Å². The van der Waals surface area contributed by atoms with Gasteiger partial charge in [-0.1, -0.05) is 0 Å². The van der Waals surface area contributed by atoms with Crippen molar-refractivity contribution < 1.29 is 19.1 Å². The lowest BCUT2D eigenvalue weighted by molar-refractivity contribution is -0.122. The first-order valence-corrected chi connectivity index (χ1v) is 8.57. The van der Waals surface area contributed by atoms with E-state index in [0.717, 1.165) is 6.54 Å². The molecule has 0 spiro atoms. The third-order valence-corrected chi connectivity index (χ3v) is 4.77. The Morgan fingerprint density at radius 1 is 1.57 bits per heavy atom. The highest BCUT2D eigenvalue weighted by Gasteiger charge is 2.22. The Morgan fingerprint density at radius 3 is 3.00 bits per heavy atom. The largest absolute Gasteiger partial charge is 0.462 e. The summed E-state index contributed by atoms with van der Waals surface area (Å²) in [5.74, 6) is -0.429. The van der Waals surface area contributed by atoms with Gasteiger partial charge in [-0.05, 0) is 20.8 Å². The van der Waals surface area contributed by atoms with E-state index < -0.39 is 0 Å². The molecular formula is C15H23N3O4S. The fourth-order valence-electron chi connectivity index (χ4n) is 2.33. The molecule has 2 atom stereocenters. The summed E-state index contributed by atoms with van der Waals surface area (Å²) in [6.07, 6.45) is 0.361. The number of morpholine rings is 1. The van der Waals surface area contributed by atoms with E-state index in [2.05, 4.69) is 15.6 Å². The molecule has 23 heavy (non-hydrogen) atoms. The number of amides is 1. The molecule has 0 radical (unpaired) electrons. The minimum atomic E-state index is -0.365. The molecule has 1 amide bonds. The van der Waals surface area contributed by atoms with Crippen LogP contribution in [0.5, 0.6) is 0 Å². The van der Waals surface area contributed by atoms with Crippen molar-refractivity contribution in [3.63, 3.8) is 0 Å². The predicted molar refractivity (Wildman–Crippen MR) is 86.6 cm³/mol. The van der Waals surface area contributed by atoms with E-state index in [4.69, 9.17) is 9.47 Å². The van der Waals surface area contributed by atoms with Gasteiger partial charge in [0.2, 0.25) is 5.91 Å². The Hall–Kier alpha value is -1.51. The Kier molecular flexibility index (Phi) is 6.49. The van der Waals surface area contributed by atoms with Crippen LogP contribution in [0.2, 0.25) is 0 Å². The first-order chi connectivity index (χ1) is 11.0. The highest BCUT2D eigenvalue weighted by atomic mass is 32.1.